The molecule has 0 radical (unpaired) electrons. The summed E-state index contributed by atoms with van der Waals surface area (Å²) < 4.78 is 5.61. The molecule has 1 aliphatic carbocycles. The Bertz CT molecular complexity index is 630. The second-order valence-electron chi connectivity index (χ2n) is 5.59. The van der Waals surface area contributed by atoms with Crippen molar-refractivity contribution >= 4 is 22.8 Å². The average Bonchev–Trinajstić information content (AvgIpc) is 2.83. The minimum absolute atomic E-state index is 0.0121. The van der Waals surface area contributed by atoms with Crippen LogP contribution in [-0.2, 0) is 0 Å². The van der Waals surface area contributed by atoms with Gasteiger partial charge in [0, 0.05) is 12.1 Å². The number of benzene rings is 1. The van der Waals surface area contributed by atoms with E-state index in [9.17, 15) is 10.1 Å². The number of non-ortho nitro benzene ring substituents is 1. The molecule has 0 amide bonds. The lowest BCUT2D eigenvalue weighted by atomic mass is 9.97. The van der Waals surface area contributed by atoms with Crippen molar-refractivity contribution in [3.63, 3.8) is 0 Å². The summed E-state index contributed by atoms with van der Waals surface area (Å²) in [6.07, 6.45) is 8.48. The van der Waals surface area contributed by atoms with Crippen molar-refractivity contribution in [2.24, 2.45) is 0 Å². The number of hydrogen-bond donors (Lipinski definition) is 1. The first kappa shape index (κ1) is 13.9. The number of aromatic nitrogens is 1. The Labute approximate surface area is 122 Å². The molecule has 0 unspecified atom stereocenters. The van der Waals surface area contributed by atoms with E-state index in [1.807, 2.05) is 0 Å². The maximum atomic E-state index is 11.0. The number of nitro benzene ring substituents is 1. The van der Waals surface area contributed by atoms with E-state index in [0.717, 1.165) is 12.8 Å². The number of nitrogens with one attached hydrogen (secondary N) is 1. The second kappa shape index (κ2) is 6.11. The molecule has 112 valence electrons. The van der Waals surface area contributed by atoms with E-state index in [0.29, 0.717) is 23.2 Å². The standard InChI is InChI=1S/C15H19N3O3/c19-18(20)12-9-6-10-13-14(12)17-15(21-13)16-11-7-4-2-1-3-5-8-11/h6,9-11H,1-5,7-8H2,(H,16,17). The molecule has 0 aliphatic heterocycles. The molecule has 6 heteroatoms. The molecule has 1 aromatic heterocycles. The smallest absolute Gasteiger partial charge is 0.298 e. The highest BCUT2D eigenvalue weighted by atomic mass is 16.6. The van der Waals surface area contributed by atoms with Crippen LogP contribution in [0.4, 0.5) is 11.7 Å². The molecule has 1 saturated carbocycles. The summed E-state index contributed by atoms with van der Waals surface area (Å²) in [5.41, 5.74) is 0.760. The van der Waals surface area contributed by atoms with Crippen molar-refractivity contribution in [3.05, 3.63) is 28.3 Å². The molecule has 1 N–H and O–H groups in total. The number of fused-ring (bicyclic) bond motifs is 1. The van der Waals surface area contributed by atoms with Crippen LogP contribution in [0.5, 0.6) is 0 Å². The van der Waals surface area contributed by atoms with E-state index in [4.69, 9.17) is 4.42 Å². The van der Waals surface area contributed by atoms with Gasteiger partial charge >= 0.3 is 0 Å². The Morgan fingerprint density at radius 2 is 1.90 bits per heavy atom. The van der Waals surface area contributed by atoms with Crippen LogP contribution in [-0.4, -0.2) is 15.9 Å². The summed E-state index contributed by atoms with van der Waals surface area (Å²) >= 11 is 0. The Hall–Kier alpha value is -2.11. The molecule has 0 bridgehead atoms. The van der Waals surface area contributed by atoms with E-state index < -0.39 is 4.92 Å². The van der Waals surface area contributed by atoms with Crippen molar-refractivity contribution in [2.45, 2.75) is 51.0 Å². The fourth-order valence-electron chi connectivity index (χ4n) is 2.92. The Morgan fingerprint density at radius 3 is 2.62 bits per heavy atom. The van der Waals surface area contributed by atoms with Gasteiger partial charge < -0.3 is 9.73 Å². The average molecular weight is 289 g/mol. The van der Waals surface area contributed by atoms with E-state index in [1.54, 1.807) is 12.1 Å². The van der Waals surface area contributed by atoms with Gasteiger partial charge in [-0.25, -0.2) is 0 Å². The lowest BCUT2D eigenvalue weighted by Crippen LogP contribution is -2.20. The van der Waals surface area contributed by atoms with Gasteiger partial charge in [0.25, 0.3) is 11.7 Å². The van der Waals surface area contributed by atoms with Gasteiger partial charge in [0.2, 0.25) is 0 Å². The van der Waals surface area contributed by atoms with Gasteiger partial charge in [-0.1, -0.05) is 38.2 Å². The molecular formula is C15H19N3O3. The Balaban J connectivity index is 1.80. The summed E-state index contributed by atoms with van der Waals surface area (Å²) in [6, 6.07) is 5.51. The summed E-state index contributed by atoms with van der Waals surface area (Å²) in [5.74, 6) is 0. The van der Waals surface area contributed by atoms with Crippen molar-refractivity contribution in [1.82, 2.24) is 4.98 Å². The number of para-hydroxylation sites is 1. The second-order valence-corrected chi connectivity index (χ2v) is 5.59. The normalized spacial score (nSPS) is 17.3. The van der Waals surface area contributed by atoms with E-state index in [2.05, 4.69) is 10.3 Å². The first-order valence-corrected chi connectivity index (χ1v) is 7.54. The monoisotopic (exact) mass is 289 g/mol. The van der Waals surface area contributed by atoms with Crippen LogP contribution in [0.15, 0.2) is 22.6 Å². The van der Waals surface area contributed by atoms with Gasteiger partial charge in [0.15, 0.2) is 11.1 Å². The van der Waals surface area contributed by atoms with E-state index in [1.165, 1.54) is 38.2 Å². The van der Waals surface area contributed by atoms with Crippen LogP contribution >= 0.6 is 0 Å². The van der Waals surface area contributed by atoms with Crippen molar-refractivity contribution in [1.29, 1.82) is 0 Å². The van der Waals surface area contributed by atoms with Crippen LogP contribution < -0.4 is 5.32 Å². The number of nitro groups is 1. The first-order valence-electron chi connectivity index (χ1n) is 7.54. The third-order valence-electron chi connectivity index (χ3n) is 4.03. The van der Waals surface area contributed by atoms with E-state index in [-0.39, 0.29) is 5.69 Å². The summed E-state index contributed by atoms with van der Waals surface area (Å²) in [6.45, 7) is 0. The molecule has 3 rings (SSSR count). The van der Waals surface area contributed by atoms with Crippen molar-refractivity contribution in [3.8, 4) is 0 Å². The molecule has 1 aromatic carbocycles. The highest BCUT2D eigenvalue weighted by Crippen LogP contribution is 2.28. The number of hydrogen-bond acceptors (Lipinski definition) is 5. The molecule has 21 heavy (non-hydrogen) atoms. The summed E-state index contributed by atoms with van der Waals surface area (Å²) in [7, 11) is 0. The molecule has 0 saturated heterocycles. The van der Waals surface area contributed by atoms with Crippen LogP contribution in [0.3, 0.4) is 0 Å². The van der Waals surface area contributed by atoms with E-state index >= 15 is 0 Å². The van der Waals surface area contributed by atoms with Gasteiger partial charge in [-0.05, 0) is 18.9 Å². The molecule has 2 aromatic rings. The SMILES string of the molecule is O=[N+]([O-])c1cccc2oc(NC3CCCCCCC3)nc12. The Kier molecular flexibility index (Phi) is 4.03. The van der Waals surface area contributed by atoms with Gasteiger partial charge in [-0.3, -0.25) is 10.1 Å². The summed E-state index contributed by atoms with van der Waals surface area (Å²) in [4.78, 5) is 14.8. The van der Waals surface area contributed by atoms with Crippen LogP contribution in [0.2, 0.25) is 0 Å². The zero-order valence-electron chi connectivity index (χ0n) is 11.9. The van der Waals surface area contributed by atoms with Crippen LogP contribution in [0.25, 0.3) is 11.1 Å². The molecule has 0 atom stereocenters. The third kappa shape index (κ3) is 3.15. The van der Waals surface area contributed by atoms with Crippen molar-refractivity contribution < 1.29 is 9.34 Å². The highest BCUT2D eigenvalue weighted by molar-refractivity contribution is 5.84. The van der Waals surface area contributed by atoms with Gasteiger partial charge in [0.05, 0.1) is 4.92 Å². The molecule has 1 aliphatic rings. The molecule has 6 nitrogen and oxygen atoms in total. The number of anilines is 1. The quantitative estimate of drug-likeness (QED) is 0.674. The maximum Gasteiger partial charge on any atom is 0.298 e. The Morgan fingerprint density at radius 1 is 1.19 bits per heavy atom. The van der Waals surface area contributed by atoms with Crippen molar-refractivity contribution in [2.75, 3.05) is 5.32 Å². The third-order valence-corrected chi connectivity index (χ3v) is 4.03. The number of rotatable bonds is 3. The maximum absolute atomic E-state index is 11.0. The molecule has 1 heterocycles. The van der Waals surface area contributed by atoms with Crippen LogP contribution in [0.1, 0.15) is 44.9 Å². The summed E-state index contributed by atoms with van der Waals surface area (Å²) in [5, 5.41) is 14.3. The number of nitrogens with zero attached hydrogens (tertiary/aromatic N) is 2. The fraction of sp³-hybridized carbons (Fsp3) is 0.533. The van der Waals surface area contributed by atoms with Gasteiger partial charge in [-0.2, -0.15) is 4.98 Å². The topological polar surface area (TPSA) is 81.2 Å². The largest absolute Gasteiger partial charge is 0.423 e. The molecular weight excluding hydrogens is 270 g/mol. The first-order chi connectivity index (χ1) is 10.2. The number of oxazole rings is 1. The lowest BCUT2D eigenvalue weighted by Gasteiger charge is -2.19. The fourth-order valence-corrected chi connectivity index (χ4v) is 2.92. The minimum atomic E-state index is -0.426. The minimum Gasteiger partial charge on any atom is -0.423 e. The molecule has 1 fully saturated rings. The predicted octanol–water partition coefficient (Wildman–Crippen LogP) is 4.26. The molecule has 0 spiro atoms. The van der Waals surface area contributed by atoms with Gasteiger partial charge in [-0.15, -0.1) is 0 Å². The van der Waals surface area contributed by atoms with Crippen LogP contribution in [0, 0.1) is 10.1 Å². The lowest BCUT2D eigenvalue weighted by molar-refractivity contribution is -0.383. The predicted molar refractivity (Wildman–Crippen MR) is 80.4 cm³/mol. The van der Waals surface area contributed by atoms with Gasteiger partial charge in [0.1, 0.15) is 0 Å². The zero-order chi connectivity index (χ0) is 14.7. The zero-order valence-corrected chi connectivity index (χ0v) is 11.9. The highest BCUT2D eigenvalue weighted by Gasteiger charge is 2.19.